The van der Waals surface area contributed by atoms with E-state index in [1.165, 1.54) is 17.7 Å². The number of nitrogens with zero attached hydrogens (tertiary/aromatic N) is 1. The molecule has 0 spiro atoms. The molecule has 1 aliphatic heterocycles. The van der Waals surface area contributed by atoms with Crippen LogP contribution >= 0.6 is 11.3 Å². The van der Waals surface area contributed by atoms with Gasteiger partial charge in [-0.3, -0.25) is 4.90 Å². The van der Waals surface area contributed by atoms with Crippen molar-refractivity contribution < 1.29 is 4.79 Å². The summed E-state index contributed by atoms with van der Waals surface area (Å²) in [4.78, 5) is 15.3. The first-order valence-electron chi connectivity index (χ1n) is 7.04. The summed E-state index contributed by atoms with van der Waals surface area (Å²) >= 11 is 1.83. The zero-order chi connectivity index (χ0) is 13.5. The fourth-order valence-electron chi connectivity index (χ4n) is 2.43. The molecule has 1 saturated heterocycles. The zero-order valence-electron chi connectivity index (χ0n) is 11.5. The predicted molar refractivity (Wildman–Crippen MR) is 79.4 cm³/mol. The molecule has 0 aromatic carbocycles. The highest BCUT2D eigenvalue weighted by Crippen LogP contribution is 2.20. The van der Waals surface area contributed by atoms with Crippen LogP contribution in [0.5, 0.6) is 0 Å². The van der Waals surface area contributed by atoms with Crippen LogP contribution in [0.25, 0.3) is 0 Å². The van der Waals surface area contributed by atoms with Crippen molar-refractivity contribution in [2.75, 3.05) is 26.2 Å². The SMILES string of the molecule is CCNC(=O)NCC1CCN(Cc2cccs2)CC1. The molecule has 1 aromatic rings. The van der Waals surface area contributed by atoms with Crippen molar-refractivity contribution in [3.8, 4) is 0 Å². The summed E-state index contributed by atoms with van der Waals surface area (Å²) in [5.74, 6) is 0.627. The summed E-state index contributed by atoms with van der Waals surface area (Å²) in [6, 6.07) is 4.28. The third kappa shape index (κ3) is 4.84. The zero-order valence-corrected chi connectivity index (χ0v) is 12.3. The average Bonchev–Trinajstić information content (AvgIpc) is 2.91. The molecule has 4 nitrogen and oxygen atoms in total. The summed E-state index contributed by atoms with van der Waals surface area (Å²) < 4.78 is 0. The highest BCUT2D eigenvalue weighted by atomic mass is 32.1. The number of hydrogen-bond acceptors (Lipinski definition) is 3. The Balaban J connectivity index is 1.63. The average molecular weight is 281 g/mol. The van der Waals surface area contributed by atoms with Crippen LogP contribution in [0.2, 0.25) is 0 Å². The van der Waals surface area contributed by atoms with Gasteiger partial charge in [0.15, 0.2) is 0 Å². The minimum atomic E-state index is -0.0384. The maximum Gasteiger partial charge on any atom is 0.314 e. The van der Waals surface area contributed by atoms with Crippen molar-refractivity contribution in [3.05, 3.63) is 22.4 Å². The summed E-state index contributed by atoms with van der Waals surface area (Å²) in [6.07, 6.45) is 2.36. The van der Waals surface area contributed by atoms with E-state index in [2.05, 4.69) is 33.0 Å². The minimum absolute atomic E-state index is 0.0384. The molecule has 0 aliphatic carbocycles. The molecule has 1 fully saturated rings. The Morgan fingerprint density at radius 1 is 1.42 bits per heavy atom. The molecule has 0 saturated carbocycles. The largest absolute Gasteiger partial charge is 0.338 e. The van der Waals surface area contributed by atoms with E-state index >= 15 is 0 Å². The number of piperidine rings is 1. The van der Waals surface area contributed by atoms with Gasteiger partial charge in [0.2, 0.25) is 0 Å². The van der Waals surface area contributed by atoms with Crippen molar-refractivity contribution in [3.63, 3.8) is 0 Å². The summed E-state index contributed by atoms with van der Waals surface area (Å²) in [6.45, 7) is 6.78. The molecule has 0 atom stereocenters. The summed E-state index contributed by atoms with van der Waals surface area (Å²) in [5.41, 5.74) is 0. The Labute approximate surface area is 119 Å². The number of hydrogen-bond donors (Lipinski definition) is 2. The first kappa shape index (κ1) is 14.3. The first-order valence-corrected chi connectivity index (χ1v) is 7.92. The van der Waals surface area contributed by atoms with Crippen molar-refractivity contribution >= 4 is 17.4 Å². The lowest BCUT2D eigenvalue weighted by molar-refractivity contribution is 0.176. The molecule has 19 heavy (non-hydrogen) atoms. The normalized spacial score (nSPS) is 17.3. The topological polar surface area (TPSA) is 44.4 Å². The minimum Gasteiger partial charge on any atom is -0.338 e. The van der Waals surface area contributed by atoms with Gasteiger partial charge >= 0.3 is 6.03 Å². The predicted octanol–water partition coefficient (Wildman–Crippen LogP) is 2.28. The Morgan fingerprint density at radius 2 is 2.21 bits per heavy atom. The number of rotatable bonds is 5. The maximum atomic E-state index is 11.3. The molecule has 0 unspecified atom stereocenters. The molecule has 0 bridgehead atoms. The van der Waals surface area contributed by atoms with Gasteiger partial charge in [0.25, 0.3) is 0 Å². The van der Waals surface area contributed by atoms with Crippen LogP contribution in [0.4, 0.5) is 4.79 Å². The van der Waals surface area contributed by atoms with Gasteiger partial charge in [-0.2, -0.15) is 0 Å². The number of amides is 2. The Bertz CT molecular complexity index is 372. The lowest BCUT2D eigenvalue weighted by Gasteiger charge is -2.31. The van der Waals surface area contributed by atoms with Crippen molar-refractivity contribution in [1.82, 2.24) is 15.5 Å². The van der Waals surface area contributed by atoms with Gasteiger partial charge in [-0.05, 0) is 50.2 Å². The second kappa shape index (κ2) is 7.50. The van der Waals surface area contributed by atoms with Crippen LogP contribution in [0.15, 0.2) is 17.5 Å². The highest BCUT2D eigenvalue weighted by Gasteiger charge is 2.19. The van der Waals surface area contributed by atoms with Gasteiger partial charge in [-0.15, -0.1) is 11.3 Å². The first-order chi connectivity index (χ1) is 9.28. The van der Waals surface area contributed by atoms with E-state index in [4.69, 9.17) is 0 Å². The molecular weight excluding hydrogens is 258 g/mol. The van der Waals surface area contributed by atoms with Crippen LogP contribution in [0.1, 0.15) is 24.6 Å². The highest BCUT2D eigenvalue weighted by molar-refractivity contribution is 7.09. The standard InChI is InChI=1S/C14H23N3OS/c1-2-15-14(18)16-10-12-5-7-17(8-6-12)11-13-4-3-9-19-13/h3-4,9,12H,2,5-8,10-11H2,1H3,(H2,15,16,18). The quantitative estimate of drug-likeness (QED) is 0.869. The lowest BCUT2D eigenvalue weighted by Crippen LogP contribution is -2.41. The number of urea groups is 1. The molecule has 106 valence electrons. The van der Waals surface area contributed by atoms with Gasteiger partial charge in [0.1, 0.15) is 0 Å². The molecule has 2 N–H and O–H groups in total. The third-order valence-corrected chi connectivity index (χ3v) is 4.42. The second-order valence-corrected chi connectivity index (χ2v) is 6.07. The molecule has 2 heterocycles. The van der Waals surface area contributed by atoms with Crippen LogP contribution in [0, 0.1) is 5.92 Å². The Morgan fingerprint density at radius 3 is 2.84 bits per heavy atom. The number of likely N-dealkylation sites (tertiary alicyclic amines) is 1. The Kier molecular flexibility index (Phi) is 5.66. The van der Waals surface area contributed by atoms with E-state index in [9.17, 15) is 4.79 Å². The van der Waals surface area contributed by atoms with E-state index in [-0.39, 0.29) is 6.03 Å². The number of carbonyl (C=O) groups excluding carboxylic acids is 1. The van der Waals surface area contributed by atoms with E-state index in [0.717, 1.165) is 26.2 Å². The van der Waals surface area contributed by atoms with Crippen molar-refractivity contribution in [2.45, 2.75) is 26.3 Å². The molecule has 2 amide bonds. The van der Waals surface area contributed by atoms with E-state index < -0.39 is 0 Å². The van der Waals surface area contributed by atoms with Gasteiger partial charge < -0.3 is 10.6 Å². The second-order valence-electron chi connectivity index (χ2n) is 5.04. The lowest BCUT2D eigenvalue weighted by atomic mass is 9.97. The molecule has 0 radical (unpaired) electrons. The fourth-order valence-corrected chi connectivity index (χ4v) is 3.18. The van der Waals surface area contributed by atoms with E-state index in [0.29, 0.717) is 12.5 Å². The number of nitrogens with one attached hydrogen (secondary N) is 2. The molecule has 1 aromatic heterocycles. The van der Waals surface area contributed by atoms with Crippen LogP contribution in [-0.4, -0.2) is 37.1 Å². The molecule has 5 heteroatoms. The van der Waals surface area contributed by atoms with E-state index in [1.54, 1.807) is 0 Å². The van der Waals surface area contributed by atoms with Crippen molar-refractivity contribution in [1.29, 1.82) is 0 Å². The van der Waals surface area contributed by atoms with Gasteiger partial charge in [0.05, 0.1) is 0 Å². The molecular formula is C14H23N3OS. The number of thiophene rings is 1. The smallest absolute Gasteiger partial charge is 0.314 e. The van der Waals surface area contributed by atoms with E-state index in [1.807, 2.05) is 18.3 Å². The maximum absolute atomic E-state index is 11.3. The Hall–Kier alpha value is -1.07. The summed E-state index contributed by atoms with van der Waals surface area (Å²) in [7, 11) is 0. The van der Waals surface area contributed by atoms with Gasteiger partial charge in [-0.1, -0.05) is 6.07 Å². The van der Waals surface area contributed by atoms with Gasteiger partial charge in [-0.25, -0.2) is 4.79 Å². The number of carbonyl (C=O) groups is 1. The molecule has 2 rings (SSSR count). The van der Waals surface area contributed by atoms with Crippen LogP contribution in [-0.2, 0) is 6.54 Å². The monoisotopic (exact) mass is 281 g/mol. The van der Waals surface area contributed by atoms with Crippen LogP contribution in [0.3, 0.4) is 0 Å². The third-order valence-electron chi connectivity index (χ3n) is 3.56. The summed E-state index contributed by atoms with van der Waals surface area (Å²) in [5, 5.41) is 7.85. The fraction of sp³-hybridized carbons (Fsp3) is 0.643. The molecule has 1 aliphatic rings. The van der Waals surface area contributed by atoms with Crippen LogP contribution < -0.4 is 10.6 Å². The van der Waals surface area contributed by atoms with Crippen molar-refractivity contribution in [2.24, 2.45) is 5.92 Å². The van der Waals surface area contributed by atoms with Gasteiger partial charge in [0, 0.05) is 24.5 Å².